The number of benzene rings is 2. The second-order valence-corrected chi connectivity index (χ2v) is 9.59. The van der Waals surface area contributed by atoms with Crippen LogP contribution in [0.15, 0.2) is 42.5 Å². The molecule has 0 aliphatic heterocycles. The fourth-order valence-corrected chi connectivity index (χ4v) is 4.18. The number of hydrogen-bond acceptors (Lipinski definition) is 6. The van der Waals surface area contributed by atoms with Gasteiger partial charge in [0.15, 0.2) is 0 Å². The predicted molar refractivity (Wildman–Crippen MR) is 127 cm³/mol. The highest BCUT2D eigenvalue weighted by Gasteiger charge is 2.31. The number of nitrogens with one attached hydrogen (secondary N) is 1. The van der Waals surface area contributed by atoms with E-state index in [1.165, 1.54) is 31.2 Å². The summed E-state index contributed by atoms with van der Waals surface area (Å²) in [5, 5.41) is 2.80. The Balaban J connectivity index is 2.44. The molecule has 180 valence electrons. The number of nitrogens with zero attached hydrogens (tertiary/aromatic N) is 2. The van der Waals surface area contributed by atoms with E-state index in [0.717, 1.165) is 16.1 Å². The predicted octanol–water partition coefficient (Wildman–Crippen LogP) is 2.29. The van der Waals surface area contributed by atoms with E-state index in [2.05, 4.69) is 5.32 Å². The quantitative estimate of drug-likeness (QED) is 0.540. The van der Waals surface area contributed by atoms with Crippen LogP contribution in [0.3, 0.4) is 0 Å². The number of halogens is 1. The monoisotopic (exact) mass is 497 g/mol. The molecule has 9 nitrogen and oxygen atoms in total. The first-order valence-electron chi connectivity index (χ1n) is 9.97. The van der Waals surface area contributed by atoms with Crippen LogP contribution in [0.1, 0.15) is 12.5 Å². The third-order valence-corrected chi connectivity index (χ3v) is 6.38. The molecule has 11 heteroatoms. The van der Waals surface area contributed by atoms with E-state index in [1.807, 2.05) is 0 Å². The van der Waals surface area contributed by atoms with Crippen molar-refractivity contribution in [2.45, 2.75) is 19.5 Å². The molecule has 2 aromatic carbocycles. The van der Waals surface area contributed by atoms with E-state index in [-0.39, 0.29) is 28.9 Å². The second kappa shape index (κ2) is 11.2. The molecule has 0 bridgehead atoms. The highest BCUT2D eigenvalue weighted by atomic mass is 35.5. The Morgan fingerprint density at radius 2 is 1.73 bits per heavy atom. The summed E-state index contributed by atoms with van der Waals surface area (Å²) in [6.45, 7) is 1.11. The molecular formula is C22H28ClN3O6S. The van der Waals surface area contributed by atoms with Crippen LogP contribution < -0.4 is 19.1 Å². The Labute approximate surface area is 199 Å². The van der Waals surface area contributed by atoms with Gasteiger partial charge in [0, 0.05) is 18.6 Å². The van der Waals surface area contributed by atoms with Crippen LogP contribution in [0.2, 0.25) is 5.02 Å². The highest BCUT2D eigenvalue weighted by molar-refractivity contribution is 7.92. The van der Waals surface area contributed by atoms with Gasteiger partial charge in [0.25, 0.3) is 0 Å². The van der Waals surface area contributed by atoms with Crippen LogP contribution in [0.4, 0.5) is 5.69 Å². The van der Waals surface area contributed by atoms with Crippen LogP contribution in [-0.4, -0.2) is 65.2 Å². The summed E-state index contributed by atoms with van der Waals surface area (Å²) in [4.78, 5) is 27.1. The van der Waals surface area contributed by atoms with Gasteiger partial charge in [0.05, 0.1) is 26.2 Å². The molecule has 1 N–H and O–H groups in total. The van der Waals surface area contributed by atoms with E-state index in [4.69, 9.17) is 21.1 Å². The summed E-state index contributed by atoms with van der Waals surface area (Å²) >= 11 is 6.07. The lowest BCUT2D eigenvalue weighted by molar-refractivity contribution is -0.139. The van der Waals surface area contributed by atoms with Crippen molar-refractivity contribution in [3.05, 3.63) is 53.1 Å². The fraction of sp³-hybridized carbons (Fsp3) is 0.364. The first-order chi connectivity index (χ1) is 15.5. The van der Waals surface area contributed by atoms with Gasteiger partial charge in [-0.1, -0.05) is 23.7 Å². The third-order valence-electron chi connectivity index (χ3n) is 5.01. The molecule has 0 radical (unpaired) electrons. The highest BCUT2D eigenvalue weighted by Crippen LogP contribution is 2.33. The van der Waals surface area contributed by atoms with Crippen molar-refractivity contribution in [1.29, 1.82) is 0 Å². The van der Waals surface area contributed by atoms with E-state index in [9.17, 15) is 18.0 Å². The number of sulfonamides is 1. The number of likely N-dealkylation sites (N-methyl/N-ethyl adjacent to an activating group) is 1. The van der Waals surface area contributed by atoms with Gasteiger partial charge in [-0.05, 0) is 42.8 Å². The molecule has 0 aliphatic rings. The first-order valence-corrected chi connectivity index (χ1v) is 12.2. The molecule has 2 aromatic rings. The van der Waals surface area contributed by atoms with Gasteiger partial charge >= 0.3 is 0 Å². The van der Waals surface area contributed by atoms with Crippen LogP contribution in [0.5, 0.6) is 11.5 Å². The van der Waals surface area contributed by atoms with Gasteiger partial charge in [0.2, 0.25) is 21.8 Å². The molecule has 0 aliphatic carbocycles. The summed E-state index contributed by atoms with van der Waals surface area (Å²) in [6.07, 6.45) is 0.983. The van der Waals surface area contributed by atoms with Crippen molar-refractivity contribution in [3.8, 4) is 11.5 Å². The molecule has 1 atom stereocenters. The number of methoxy groups -OCH3 is 2. The minimum atomic E-state index is -3.90. The van der Waals surface area contributed by atoms with Gasteiger partial charge in [0.1, 0.15) is 24.1 Å². The molecule has 0 aromatic heterocycles. The maximum atomic E-state index is 13.4. The number of anilines is 1. The SMILES string of the molecule is CNC(=O)[C@H](C)N(Cc1ccc(OC)cc1)C(=O)CN(c1cc(Cl)ccc1OC)S(C)(=O)=O. The molecule has 0 spiro atoms. The van der Waals surface area contributed by atoms with Gasteiger partial charge < -0.3 is 19.7 Å². The summed E-state index contributed by atoms with van der Waals surface area (Å²) in [5.74, 6) is -0.0802. The molecule has 0 unspecified atom stereocenters. The van der Waals surface area contributed by atoms with Crippen molar-refractivity contribution in [2.75, 3.05) is 38.4 Å². The van der Waals surface area contributed by atoms with Crippen molar-refractivity contribution in [3.63, 3.8) is 0 Å². The zero-order valence-electron chi connectivity index (χ0n) is 19.2. The van der Waals surface area contributed by atoms with Crippen LogP contribution in [-0.2, 0) is 26.2 Å². The Morgan fingerprint density at radius 1 is 1.09 bits per heavy atom. The van der Waals surface area contributed by atoms with Crippen LogP contribution >= 0.6 is 11.6 Å². The number of carbonyl (C=O) groups is 2. The molecule has 0 fully saturated rings. The molecular weight excluding hydrogens is 470 g/mol. The minimum absolute atomic E-state index is 0.0850. The Hall–Kier alpha value is -2.98. The zero-order valence-corrected chi connectivity index (χ0v) is 20.7. The van der Waals surface area contributed by atoms with E-state index in [1.54, 1.807) is 44.4 Å². The summed E-state index contributed by atoms with van der Waals surface area (Å²) < 4.78 is 36.6. The molecule has 0 heterocycles. The average Bonchev–Trinajstić information content (AvgIpc) is 2.79. The molecule has 33 heavy (non-hydrogen) atoms. The standard InChI is InChI=1S/C22H28ClN3O6S/c1-15(22(28)24-2)25(13-16-6-9-18(31-3)10-7-16)21(27)14-26(33(5,29)30)19-12-17(23)8-11-20(19)32-4/h6-12,15H,13-14H2,1-5H3,(H,24,28)/t15-/m0/s1. The maximum Gasteiger partial charge on any atom is 0.244 e. The number of carbonyl (C=O) groups excluding carboxylic acids is 2. The normalized spacial score (nSPS) is 11.9. The number of amides is 2. The smallest absolute Gasteiger partial charge is 0.244 e. The van der Waals surface area contributed by atoms with E-state index >= 15 is 0 Å². The second-order valence-electron chi connectivity index (χ2n) is 7.25. The van der Waals surface area contributed by atoms with Crippen molar-refractivity contribution in [1.82, 2.24) is 10.2 Å². The van der Waals surface area contributed by atoms with Crippen LogP contribution in [0, 0.1) is 0 Å². The average molecular weight is 498 g/mol. The first kappa shape index (κ1) is 26.3. The molecule has 2 amide bonds. The van der Waals surface area contributed by atoms with Crippen molar-refractivity contribution in [2.24, 2.45) is 0 Å². The maximum absolute atomic E-state index is 13.4. The lowest BCUT2D eigenvalue weighted by atomic mass is 10.1. The minimum Gasteiger partial charge on any atom is -0.497 e. The lowest BCUT2D eigenvalue weighted by Gasteiger charge is -2.31. The third kappa shape index (κ3) is 6.75. The molecule has 0 saturated carbocycles. The molecule has 2 rings (SSSR count). The van der Waals surface area contributed by atoms with Crippen molar-refractivity contribution < 1.29 is 27.5 Å². The van der Waals surface area contributed by atoms with E-state index < -0.39 is 28.5 Å². The summed E-state index contributed by atoms with van der Waals surface area (Å²) in [7, 11) is 0.499. The summed E-state index contributed by atoms with van der Waals surface area (Å²) in [6, 6.07) is 10.6. The Kier molecular flexibility index (Phi) is 8.95. The summed E-state index contributed by atoms with van der Waals surface area (Å²) in [5.41, 5.74) is 0.865. The van der Waals surface area contributed by atoms with Gasteiger partial charge in [-0.2, -0.15) is 0 Å². The van der Waals surface area contributed by atoms with Crippen molar-refractivity contribution >= 4 is 39.1 Å². The van der Waals surface area contributed by atoms with Gasteiger partial charge in [-0.15, -0.1) is 0 Å². The Bertz CT molecular complexity index is 1090. The number of rotatable bonds is 10. The number of ether oxygens (including phenoxy) is 2. The Morgan fingerprint density at radius 3 is 2.24 bits per heavy atom. The molecule has 0 saturated heterocycles. The zero-order chi connectivity index (χ0) is 24.8. The van der Waals surface area contributed by atoms with Gasteiger partial charge in [-0.3, -0.25) is 13.9 Å². The van der Waals surface area contributed by atoms with Crippen LogP contribution in [0.25, 0.3) is 0 Å². The van der Waals surface area contributed by atoms with Gasteiger partial charge in [-0.25, -0.2) is 8.42 Å². The van der Waals surface area contributed by atoms with E-state index in [0.29, 0.717) is 5.75 Å². The number of hydrogen-bond donors (Lipinski definition) is 1. The lowest BCUT2D eigenvalue weighted by Crippen LogP contribution is -2.50. The fourth-order valence-electron chi connectivity index (χ4n) is 3.17. The largest absolute Gasteiger partial charge is 0.497 e. The topological polar surface area (TPSA) is 105 Å².